The van der Waals surface area contributed by atoms with E-state index < -0.39 is 0 Å². The average molecular weight is 416 g/mol. The zero-order valence-corrected chi connectivity index (χ0v) is 18.0. The number of nitrogens with zero attached hydrogens (tertiary/aromatic N) is 3. The Morgan fingerprint density at radius 1 is 1.04 bits per heavy atom. The number of rotatable bonds is 7. The Hall–Kier alpha value is -2.15. The summed E-state index contributed by atoms with van der Waals surface area (Å²) in [6.07, 6.45) is 0. The van der Waals surface area contributed by atoms with Crippen LogP contribution in [0.5, 0.6) is 0 Å². The number of hydrogen-bond donors (Lipinski definition) is 1. The molecule has 0 fully saturated rings. The molecule has 0 saturated carbocycles. The van der Waals surface area contributed by atoms with E-state index >= 15 is 0 Å². The Bertz CT molecular complexity index is 941. The van der Waals surface area contributed by atoms with Crippen molar-refractivity contribution in [2.45, 2.75) is 30.3 Å². The molecule has 0 saturated heterocycles. The van der Waals surface area contributed by atoms with Crippen molar-refractivity contribution in [3.8, 4) is 5.69 Å². The smallest absolute Gasteiger partial charge is 0.196 e. The van der Waals surface area contributed by atoms with Crippen LogP contribution in [0, 0.1) is 0 Å². The second-order valence-corrected chi connectivity index (χ2v) is 8.69. The Labute approximate surface area is 174 Å². The molecule has 0 aliphatic rings. The van der Waals surface area contributed by atoms with Crippen molar-refractivity contribution in [3.63, 3.8) is 0 Å². The van der Waals surface area contributed by atoms with E-state index in [-0.39, 0.29) is 17.1 Å². The minimum Gasteiger partial charge on any atom is -0.331 e. The molecule has 2 aromatic carbocycles. The molecule has 0 unspecified atom stereocenters. The highest BCUT2D eigenvalue weighted by Crippen LogP contribution is 2.29. The van der Waals surface area contributed by atoms with Crippen LogP contribution in [-0.2, 0) is 0 Å². The maximum atomic E-state index is 12.8. The zero-order valence-electron chi connectivity index (χ0n) is 16.4. The predicted molar refractivity (Wildman–Crippen MR) is 114 cm³/mol. The first-order chi connectivity index (χ1) is 13.4. The van der Waals surface area contributed by atoms with Crippen LogP contribution in [0.3, 0.4) is 0 Å². The van der Waals surface area contributed by atoms with Gasteiger partial charge in [-0.15, -0.1) is 10.2 Å². The molecule has 146 valence electrons. The van der Waals surface area contributed by atoms with Crippen LogP contribution in [-0.4, -0.2) is 39.9 Å². The zero-order chi connectivity index (χ0) is 20.3. The minimum atomic E-state index is -0.285. The number of quaternary nitrogens is 1. The highest BCUT2D eigenvalue weighted by molar-refractivity contribution is 8.00. The van der Waals surface area contributed by atoms with E-state index in [0.717, 1.165) is 11.5 Å². The van der Waals surface area contributed by atoms with E-state index in [4.69, 9.17) is 11.6 Å². The minimum absolute atomic E-state index is 0.0732. The van der Waals surface area contributed by atoms with Gasteiger partial charge in [0.15, 0.2) is 16.8 Å². The van der Waals surface area contributed by atoms with Gasteiger partial charge in [0.25, 0.3) is 0 Å². The molecule has 0 aliphatic heterocycles. The van der Waals surface area contributed by atoms with Crippen molar-refractivity contribution in [2.75, 3.05) is 14.1 Å². The van der Waals surface area contributed by atoms with Gasteiger partial charge >= 0.3 is 0 Å². The summed E-state index contributed by atoms with van der Waals surface area (Å²) in [5.41, 5.74) is 1.63. The van der Waals surface area contributed by atoms with Gasteiger partial charge < -0.3 is 4.90 Å². The van der Waals surface area contributed by atoms with Gasteiger partial charge in [-0.1, -0.05) is 53.7 Å². The summed E-state index contributed by atoms with van der Waals surface area (Å²) in [6.45, 7) is 4.01. The number of benzene rings is 2. The lowest BCUT2D eigenvalue weighted by atomic mass is 10.1. The molecule has 28 heavy (non-hydrogen) atoms. The number of hydrogen-bond acceptors (Lipinski definition) is 4. The Morgan fingerprint density at radius 3 is 2.29 bits per heavy atom. The summed E-state index contributed by atoms with van der Waals surface area (Å²) in [7, 11) is 4.17. The lowest BCUT2D eigenvalue weighted by Crippen LogP contribution is -3.05. The van der Waals surface area contributed by atoms with Gasteiger partial charge in [0, 0.05) is 16.3 Å². The van der Waals surface area contributed by atoms with Crippen molar-refractivity contribution in [1.82, 2.24) is 14.8 Å². The van der Waals surface area contributed by atoms with Gasteiger partial charge in [-0.05, 0) is 38.1 Å². The Morgan fingerprint density at radius 2 is 1.68 bits per heavy atom. The van der Waals surface area contributed by atoms with Crippen molar-refractivity contribution in [3.05, 3.63) is 71.0 Å². The topological polar surface area (TPSA) is 52.2 Å². The van der Waals surface area contributed by atoms with Gasteiger partial charge in [0.05, 0.1) is 19.3 Å². The van der Waals surface area contributed by atoms with E-state index in [9.17, 15) is 4.79 Å². The SMILES string of the molecule is C[C@H](c1nnc(S[C@H](C)C(=O)c2ccccc2)n1-c1ccc(Cl)cc1)[NH+](C)C. The molecule has 1 aromatic heterocycles. The lowest BCUT2D eigenvalue weighted by molar-refractivity contribution is -0.890. The standard InChI is InChI=1S/C21H23ClN4OS/c1-14(25(3)4)20-23-24-21(26(20)18-12-10-17(22)11-13-18)28-15(2)19(27)16-8-6-5-7-9-16/h5-15H,1-4H3/p+1/t14-,15-/m1/s1. The number of ketones is 1. The van der Waals surface area contributed by atoms with Crippen LogP contribution in [0.4, 0.5) is 0 Å². The van der Waals surface area contributed by atoms with Crippen molar-refractivity contribution >= 4 is 29.1 Å². The number of aromatic nitrogens is 3. The molecule has 0 radical (unpaired) electrons. The summed E-state index contributed by atoms with van der Waals surface area (Å²) in [5.74, 6) is 0.924. The largest absolute Gasteiger partial charge is 0.331 e. The number of nitrogens with one attached hydrogen (secondary N) is 1. The van der Waals surface area contributed by atoms with Gasteiger partial charge in [-0.2, -0.15) is 0 Å². The van der Waals surface area contributed by atoms with Crippen LogP contribution < -0.4 is 4.90 Å². The van der Waals surface area contributed by atoms with E-state index in [1.54, 1.807) is 0 Å². The van der Waals surface area contributed by atoms with Gasteiger partial charge in [0.1, 0.15) is 6.04 Å². The number of thioether (sulfide) groups is 1. The molecule has 0 bridgehead atoms. The highest BCUT2D eigenvalue weighted by atomic mass is 35.5. The van der Waals surface area contributed by atoms with Gasteiger partial charge in [-0.3, -0.25) is 9.36 Å². The first kappa shape index (κ1) is 20.6. The van der Waals surface area contributed by atoms with Crippen molar-refractivity contribution in [2.24, 2.45) is 0 Å². The lowest BCUT2D eigenvalue weighted by Gasteiger charge is -2.18. The molecule has 0 aliphatic carbocycles. The van der Waals surface area contributed by atoms with Crippen molar-refractivity contribution < 1.29 is 9.69 Å². The fraction of sp³-hybridized carbons (Fsp3) is 0.286. The maximum absolute atomic E-state index is 12.8. The quantitative estimate of drug-likeness (QED) is 0.474. The number of halogens is 1. The number of carbonyl (C=O) groups excluding carboxylic acids is 1. The van der Waals surface area contributed by atoms with E-state index in [1.165, 1.54) is 16.7 Å². The summed E-state index contributed by atoms with van der Waals surface area (Å²) in [6, 6.07) is 17.1. The molecule has 1 heterocycles. The molecule has 7 heteroatoms. The second-order valence-electron chi connectivity index (χ2n) is 6.94. The first-order valence-electron chi connectivity index (χ1n) is 9.15. The van der Waals surface area contributed by atoms with Crippen LogP contribution in [0.25, 0.3) is 5.69 Å². The third-order valence-electron chi connectivity index (χ3n) is 4.71. The van der Waals surface area contributed by atoms with Gasteiger partial charge in [0.2, 0.25) is 0 Å². The highest BCUT2D eigenvalue weighted by Gasteiger charge is 2.26. The van der Waals surface area contributed by atoms with E-state index in [2.05, 4.69) is 31.2 Å². The fourth-order valence-corrected chi connectivity index (χ4v) is 3.86. The summed E-state index contributed by atoms with van der Waals surface area (Å²) in [4.78, 5) is 14.0. The molecule has 0 amide bonds. The average Bonchev–Trinajstić information content (AvgIpc) is 3.11. The van der Waals surface area contributed by atoms with Crippen LogP contribution in [0.2, 0.25) is 5.02 Å². The fourth-order valence-electron chi connectivity index (χ4n) is 2.78. The van der Waals surface area contributed by atoms with E-state index in [1.807, 2.05) is 66.1 Å². The number of carbonyl (C=O) groups is 1. The molecular weight excluding hydrogens is 392 g/mol. The third kappa shape index (κ3) is 4.46. The van der Waals surface area contributed by atoms with Crippen LogP contribution in [0.15, 0.2) is 59.8 Å². The Balaban J connectivity index is 1.96. The summed E-state index contributed by atoms with van der Waals surface area (Å²) < 4.78 is 2.02. The summed E-state index contributed by atoms with van der Waals surface area (Å²) >= 11 is 7.48. The van der Waals surface area contributed by atoms with E-state index in [0.29, 0.717) is 15.7 Å². The molecule has 3 rings (SSSR count). The first-order valence-corrected chi connectivity index (χ1v) is 10.4. The molecule has 1 N–H and O–H groups in total. The summed E-state index contributed by atoms with van der Waals surface area (Å²) in [5, 5.41) is 9.94. The normalized spacial score (nSPS) is 13.5. The molecule has 5 nitrogen and oxygen atoms in total. The van der Waals surface area contributed by atoms with Crippen molar-refractivity contribution in [1.29, 1.82) is 0 Å². The second kappa shape index (κ2) is 8.90. The maximum Gasteiger partial charge on any atom is 0.196 e. The monoisotopic (exact) mass is 415 g/mol. The van der Waals surface area contributed by atoms with Crippen LogP contribution >= 0.6 is 23.4 Å². The molecule has 3 aromatic rings. The molecule has 2 atom stereocenters. The van der Waals surface area contributed by atoms with Crippen LogP contribution in [0.1, 0.15) is 36.1 Å². The third-order valence-corrected chi connectivity index (χ3v) is 6.00. The number of Topliss-reactive ketones (excluding diaryl/α,β-unsaturated/α-hetero) is 1. The molecule has 0 spiro atoms. The predicted octanol–water partition coefficient (Wildman–Crippen LogP) is 3.49. The van der Waals surface area contributed by atoms with Gasteiger partial charge in [-0.25, -0.2) is 0 Å². The Kier molecular flexibility index (Phi) is 6.54. The molecular formula is C21H24ClN4OS+.